The molecule has 4 rings (SSSR count). The zero-order chi connectivity index (χ0) is 22.2. The third kappa shape index (κ3) is 5.72. The molecule has 0 atom stereocenters. The second-order valence-electron chi connectivity index (χ2n) is 7.03. The molecule has 0 bridgehead atoms. The van der Waals surface area contributed by atoms with Crippen LogP contribution in [0.4, 0.5) is 5.69 Å². The van der Waals surface area contributed by atoms with Gasteiger partial charge in [-0.25, -0.2) is 4.98 Å². The summed E-state index contributed by atoms with van der Waals surface area (Å²) in [4.78, 5) is 20.9. The van der Waals surface area contributed by atoms with Crippen LogP contribution in [-0.4, -0.2) is 23.0 Å². The number of benzene rings is 2. The molecule has 7 nitrogen and oxygen atoms in total. The van der Waals surface area contributed by atoms with Crippen molar-refractivity contribution in [3.8, 4) is 22.8 Å². The maximum atomic E-state index is 12.4. The Morgan fingerprint density at radius 1 is 1.00 bits per heavy atom. The first kappa shape index (κ1) is 21.1. The number of aromatic nitrogens is 2. The summed E-state index contributed by atoms with van der Waals surface area (Å²) in [5.41, 5.74) is 2.40. The molecular formula is C25H23N3O4. The summed E-state index contributed by atoms with van der Waals surface area (Å²) >= 11 is 0. The van der Waals surface area contributed by atoms with E-state index in [0.29, 0.717) is 36.1 Å². The highest BCUT2D eigenvalue weighted by Gasteiger charge is 2.10. The van der Waals surface area contributed by atoms with Gasteiger partial charge >= 0.3 is 0 Å². The van der Waals surface area contributed by atoms with Crippen LogP contribution in [0.1, 0.15) is 18.0 Å². The Hall–Kier alpha value is -4.13. The van der Waals surface area contributed by atoms with E-state index in [4.69, 9.17) is 13.9 Å². The van der Waals surface area contributed by atoms with Crippen molar-refractivity contribution in [2.45, 2.75) is 19.4 Å². The van der Waals surface area contributed by atoms with Crippen molar-refractivity contribution < 1.29 is 18.7 Å². The quantitative estimate of drug-likeness (QED) is 0.407. The topological polar surface area (TPSA) is 86.5 Å². The molecule has 1 N–H and O–H groups in total. The molecule has 2 heterocycles. The van der Waals surface area contributed by atoms with Crippen molar-refractivity contribution in [1.29, 1.82) is 0 Å². The number of nitrogens with zero attached hydrogens (tertiary/aromatic N) is 2. The first-order chi connectivity index (χ1) is 15.7. The van der Waals surface area contributed by atoms with Gasteiger partial charge in [0, 0.05) is 36.4 Å². The third-order valence-electron chi connectivity index (χ3n) is 4.72. The number of oxazole rings is 1. The number of rotatable bonds is 9. The van der Waals surface area contributed by atoms with Gasteiger partial charge < -0.3 is 19.2 Å². The zero-order valence-corrected chi connectivity index (χ0v) is 17.7. The van der Waals surface area contributed by atoms with Crippen LogP contribution >= 0.6 is 0 Å². The lowest BCUT2D eigenvalue weighted by molar-refractivity contribution is -0.116. The molecule has 7 heteroatoms. The van der Waals surface area contributed by atoms with E-state index in [-0.39, 0.29) is 12.3 Å². The second-order valence-corrected chi connectivity index (χ2v) is 7.03. The predicted molar refractivity (Wildman–Crippen MR) is 120 cm³/mol. The van der Waals surface area contributed by atoms with Crippen LogP contribution in [0.25, 0.3) is 11.3 Å². The minimum absolute atomic E-state index is 0.129. The van der Waals surface area contributed by atoms with Crippen molar-refractivity contribution in [3.63, 3.8) is 0 Å². The van der Waals surface area contributed by atoms with Gasteiger partial charge in [0.15, 0.2) is 11.7 Å². The van der Waals surface area contributed by atoms with Crippen molar-refractivity contribution in [2.24, 2.45) is 0 Å². The minimum Gasteiger partial charge on any atom is -0.497 e. The molecule has 0 saturated heterocycles. The first-order valence-corrected chi connectivity index (χ1v) is 10.2. The molecule has 2 aromatic heterocycles. The molecule has 32 heavy (non-hydrogen) atoms. The van der Waals surface area contributed by atoms with E-state index in [0.717, 1.165) is 17.0 Å². The Labute approximate surface area is 186 Å². The monoisotopic (exact) mass is 429 g/mol. The molecular weight excluding hydrogens is 406 g/mol. The van der Waals surface area contributed by atoms with E-state index >= 15 is 0 Å². The summed E-state index contributed by atoms with van der Waals surface area (Å²) in [6.45, 7) is 0.360. The van der Waals surface area contributed by atoms with E-state index in [2.05, 4.69) is 15.3 Å². The molecule has 4 aromatic rings. The summed E-state index contributed by atoms with van der Waals surface area (Å²) in [5, 5.41) is 2.88. The van der Waals surface area contributed by atoms with Gasteiger partial charge in [-0.1, -0.05) is 12.1 Å². The van der Waals surface area contributed by atoms with E-state index in [1.807, 2.05) is 60.7 Å². The molecule has 0 fully saturated rings. The average Bonchev–Trinajstić information content (AvgIpc) is 3.32. The van der Waals surface area contributed by atoms with Crippen LogP contribution in [0.2, 0.25) is 0 Å². The summed E-state index contributed by atoms with van der Waals surface area (Å²) in [6.07, 6.45) is 4.04. The van der Waals surface area contributed by atoms with Crippen LogP contribution in [0.3, 0.4) is 0 Å². The second kappa shape index (κ2) is 10.3. The number of methoxy groups -OCH3 is 1. The van der Waals surface area contributed by atoms with Gasteiger partial charge in [0.2, 0.25) is 5.91 Å². The van der Waals surface area contributed by atoms with Crippen molar-refractivity contribution in [1.82, 2.24) is 9.97 Å². The maximum absolute atomic E-state index is 12.4. The maximum Gasteiger partial charge on any atom is 0.224 e. The Balaban J connectivity index is 1.28. The lowest BCUT2D eigenvalue weighted by Crippen LogP contribution is -2.12. The molecule has 0 aliphatic heterocycles. The van der Waals surface area contributed by atoms with Gasteiger partial charge in [0.1, 0.15) is 18.1 Å². The standard InChI is InChI=1S/C25H23N3O4/c1-30-21-10-8-18(9-11-21)23-16-27-25(32-23)13-12-24(29)28-19-6-4-7-22(15-19)31-17-20-5-2-3-14-26-20/h2-11,14-16H,12-13,17H2,1H3,(H,28,29). The summed E-state index contributed by atoms with van der Waals surface area (Å²) in [6, 6.07) is 20.5. The molecule has 0 radical (unpaired) electrons. The summed E-state index contributed by atoms with van der Waals surface area (Å²) in [5.74, 6) is 2.47. The Morgan fingerprint density at radius 2 is 1.88 bits per heavy atom. The van der Waals surface area contributed by atoms with Crippen molar-refractivity contribution in [3.05, 3.63) is 90.7 Å². The Bertz CT molecular complexity index is 1160. The predicted octanol–water partition coefficient (Wildman–Crippen LogP) is 4.90. The fraction of sp³-hybridized carbons (Fsp3) is 0.160. The highest BCUT2D eigenvalue weighted by molar-refractivity contribution is 5.90. The molecule has 0 unspecified atom stereocenters. The van der Waals surface area contributed by atoms with Crippen LogP contribution in [-0.2, 0) is 17.8 Å². The number of anilines is 1. The van der Waals surface area contributed by atoms with E-state index in [9.17, 15) is 4.79 Å². The smallest absolute Gasteiger partial charge is 0.224 e. The summed E-state index contributed by atoms with van der Waals surface area (Å²) in [7, 11) is 1.62. The molecule has 0 saturated carbocycles. The highest BCUT2D eigenvalue weighted by Crippen LogP contribution is 2.24. The number of amides is 1. The largest absolute Gasteiger partial charge is 0.497 e. The number of carbonyl (C=O) groups is 1. The lowest BCUT2D eigenvalue weighted by Gasteiger charge is -2.09. The number of aryl methyl sites for hydroxylation is 1. The summed E-state index contributed by atoms with van der Waals surface area (Å²) < 4.78 is 16.7. The van der Waals surface area contributed by atoms with Gasteiger partial charge in [-0.3, -0.25) is 9.78 Å². The SMILES string of the molecule is COc1ccc(-c2cnc(CCC(=O)Nc3cccc(OCc4ccccn4)c3)o2)cc1. The number of hydrogen-bond donors (Lipinski definition) is 1. The fourth-order valence-electron chi connectivity index (χ4n) is 3.06. The molecule has 162 valence electrons. The Morgan fingerprint density at radius 3 is 2.66 bits per heavy atom. The van der Waals surface area contributed by atoms with Crippen LogP contribution in [0.5, 0.6) is 11.5 Å². The fourth-order valence-corrected chi connectivity index (χ4v) is 3.06. The number of ether oxygens (including phenoxy) is 2. The van der Waals surface area contributed by atoms with Crippen LogP contribution in [0.15, 0.2) is 83.5 Å². The number of pyridine rings is 1. The van der Waals surface area contributed by atoms with E-state index in [1.165, 1.54) is 0 Å². The highest BCUT2D eigenvalue weighted by atomic mass is 16.5. The Kier molecular flexibility index (Phi) is 6.77. The minimum atomic E-state index is -0.129. The van der Waals surface area contributed by atoms with Crippen LogP contribution < -0.4 is 14.8 Å². The van der Waals surface area contributed by atoms with E-state index in [1.54, 1.807) is 25.6 Å². The van der Waals surface area contributed by atoms with E-state index < -0.39 is 0 Å². The van der Waals surface area contributed by atoms with Gasteiger partial charge in [0.25, 0.3) is 0 Å². The van der Waals surface area contributed by atoms with Gasteiger partial charge in [-0.05, 0) is 48.5 Å². The van der Waals surface area contributed by atoms with Gasteiger partial charge in [0.05, 0.1) is 19.0 Å². The van der Waals surface area contributed by atoms with Gasteiger partial charge in [-0.2, -0.15) is 0 Å². The number of nitrogens with one attached hydrogen (secondary N) is 1. The number of carbonyl (C=O) groups excluding carboxylic acids is 1. The lowest BCUT2D eigenvalue weighted by atomic mass is 10.2. The van der Waals surface area contributed by atoms with Crippen molar-refractivity contribution >= 4 is 11.6 Å². The van der Waals surface area contributed by atoms with Crippen LogP contribution in [0, 0.1) is 0 Å². The molecule has 1 amide bonds. The van der Waals surface area contributed by atoms with Crippen molar-refractivity contribution in [2.75, 3.05) is 12.4 Å². The molecule has 2 aromatic carbocycles. The zero-order valence-electron chi connectivity index (χ0n) is 17.7. The molecule has 0 spiro atoms. The number of hydrogen-bond acceptors (Lipinski definition) is 6. The molecule has 0 aliphatic rings. The first-order valence-electron chi connectivity index (χ1n) is 10.2. The third-order valence-corrected chi connectivity index (χ3v) is 4.72. The molecule has 0 aliphatic carbocycles. The normalized spacial score (nSPS) is 10.5. The van der Waals surface area contributed by atoms with Gasteiger partial charge in [-0.15, -0.1) is 0 Å². The average molecular weight is 429 g/mol.